The van der Waals surface area contributed by atoms with Gasteiger partial charge in [0.2, 0.25) is 0 Å². The first-order valence-electron chi connectivity index (χ1n) is 8.39. The van der Waals surface area contributed by atoms with Crippen LogP contribution in [0.15, 0.2) is 67.0 Å². The SMILES string of the molecule is COc1cccc(CNCc2ccncc2)c1OCc1ccccc1Cl. The smallest absolute Gasteiger partial charge is 0.166 e. The summed E-state index contributed by atoms with van der Waals surface area (Å²) in [7, 11) is 1.64. The summed E-state index contributed by atoms with van der Waals surface area (Å²) in [6, 6.07) is 17.6. The predicted molar refractivity (Wildman–Crippen MR) is 104 cm³/mol. The van der Waals surface area contributed by atoms with Crippen LogP contribution in [0.3, 0.4) is 0 Å². The first kappa shape index (κ1) is 18.2. The van der Waals surface area contributed by atoms with E-state index >= 15 is 0 Å². The number of hydrogen-bond acceptors (Lipinski definition) is 4. The van der Waals surface area contributed by atoms with E-state index in [0.717, 1.165) is 23.4 Å². The van der Waals surface area contributed by atoms with Crippen molar-refractivity contribution in [2.75, 3.05) is 7.11 Å². The zero-order valence-electron chi connectivity index (χ0n) is 14.6. The molecular weight excluding hydrogens is 348 g/mol. The van der Waals surface area contributed by atoms with Gasteiger partial charge in [-0.15, -0.1) is 0 Å². The van der Waals surface area contributed by atoms with Crippen molar-refractivity contribution in [1.29, 1.82) is 0 Å². The van der Waals surface area contributed by atoms with Gasteiger partial charge in [-0.25, -0.2) is 0 Å². The Balaban J connectivity index is 1.70. The number of rotatable bonds is 8. The molecular formula is C21H21ClN2O2. The van der Waals surface area contributed by atoms with Gasteiger partial charge in [-0.1, -0.05) is 41.9 Å². The molecule has 0 radical (unpaired) electrons. The highest BCUT2D eigenvalue weighted by molar-refractivity contribution is 6.31. The van der Waals surface area contributed by atoms with E-state index in [-0.39, 0.29) is 0 Å². The molecule has 1 heterocycles. The highest BCUT2D eigenvalue weighted by Gasteiger charge is 2.11. The molecule has 1 N–H and O–H groups in total. The summed E-state index contributed by atoms with van der Waals surface area (Å²) in [5.74, 6) is 1.44. The van der Waals surface area contributed by atoms with Crippen LogP contribution >= 0.6 is 11.6 Å². The van der Waals surface area contributed by atoms with E-state index in [2.05, 4.69) is 10.3 Å². The molecule has 3 aromatic rings. The van der Waals surface area contributed by atoms with E-state index < -0.39 is 0 Å². The number of aromatic nitrogens is 1. The van der Waals surface area contributed by atoms with Crippen LogP contribution in [0.2, 0.25) is 5.02 Å². The lowest BCUT2D eigenvalue weighted by atomic mass is 10.1. The van der Waals surface area contributed by atoms with Gasteiger partial charge < -0.3 is 14.8 Å². The second-order valence-corrected chi connectivity index (χ2v) is 6.19. The molecule has 0 saturated carbocycles. The van der Waals surface area contributed by atoms with E-state index in [0.29, 0.717) is 23.9 Å². The van der Waals surface area contributed by atoms with Gasteiger partial charge >= 0.3 is 0 Å². The molecule has 0 fully saturated rings. The molecule has 2 aromatic carbocycles. The monoisotopic (exact) mass is 368 g/mol. The second kappa shape index (κ2) is 9.22. The van der Waals surface area contributed by atoms with Crippen molar-refractivity contribution in [3.8, 4) is 11.5 Å². The normalized spacial score (nSPS) is 10.5. The van der Waals surface area contributed by atoms with Crippen molar-refractivity contribution >= 4 is 11.6 Å². The Kier molecular flexibility index (Phi) is 6.47. The largest absolute Gasteiger partial charge is 0.493 e. The highest BCUT2D eigenvalue weighted by Crippen LogP contribution is 2.32. The van der Waals surface area contributed by atoms with E-state index in [1.165, 1.54) is 5.56 Å². The minimum atomic E-state index is 0.386. The van der Waals surface area contributed by atoms with E-state index in [9.17, 15) is 0 Å². The first-order chi connectivity index (χ1) is 12.8. The molecule has 0 unspecified atom stereocenters. The number of nitrogens with zero attached hydrogens (tertiary/aromatic N) is 1. The predicted octanol–water partition coefficient (Wildman–Crippen LogP) is 4.61. The lowest BCUT2D eigenvalue weighted by molar-refractivity contribution is 0.280. The maximum absolute atomic E-state index is 6.23. The number of ether oxygens (including phenoxy) is 2. The number of halogens is 1. The molecule has 0 saturated heterocycles. The van der Waals surface area contributed by atoms with Crippen LogP contribution in [0.5, 0.6) is 11.5 Å². The van der Waals surface area contributed by atoms with Gasteiger partial charge in [0.1, 0.15) is 6.61 Å². The highest BCUT2D eigenvalue weighted by atomic mass is 35.5. The summed E-state index contributed by atoms with van der Waals surface area (Å²) in [5.41, 5.74) is 3.16. The molecule has 1 aromatic heterocycles. The molecule has 0 aliphatic rings. The Morgan fingerprint density at radius 2 is 1.69 bits per heavy atom. The minimum absolute atomic E-state index is 0.386. The van der Waals surface area contributed by atoms with Crippen LogP contribution in [0.1, 0.15) is 16.7 Å². The molecule has 0 bridgehead atoms. The fraction of sp³-hybridized carbons (Fsp3) is 0.190. The molecule has 0 atom stereocenters. The third-order valence-corrected chi connectivity index (χ3v) is 4.37. The van der Waals surface area contributed by atoms with Gasteiger partial charge in [0.15, 0.2) is 11.5 Å². The quantitative estimate of drug-likeness (QED) is 0.630. The van der Waals surface area contributed by atoms with E-state index in [1.54, 1.807) is 19.5 Å². The van der Waals surface area contributed by atoms with Gasteiger partial charge in [0.25, 0.3) is 0 Å². The van der Waals surface area contributed by atoms with Crippen LogP contribution in [-0.4, -0.2) is 12.1 Å². The Morgan fingerprint density at radius 3 is 2.46 bits per heavy atom. The maximum Gasteiger partial charge on any atom is 0.166 e. The molecule has 26 heavy (non-hydrogen) atoms. The molecule has 5 heteroatoms. The van der Waals surface area contributed by atoms with Crippen molar-refractivity contribution in [2.45, 2.75) is 19.7 Å². The molecule has 134 valence electrons. The van der Waals surface area contributed by atoms with Crippen molar-refractivity contribution in [1.82, 2.24) is 10.3 Å². The van der Waals surface area contributed by atoms with Crippen molar-refractivity contribution in [2.24, 2.45) is 0 Å². The summed E-state index contributed by atoms with van der Waals surface area (Å²) in [6.45, 7) is 1.80. The third kappa shape index (κ3) is 4.75. The zero-order valence-corrected chi connectivity index (χ0v) is 15.4. The first-order valence-corrected chi connectivity index (χ1v) is 8.77. The van der Waals surface area contributed by atoms with Crippen LogP contribution in [-0.2, 0) is 19.7 Å². The fourth-order valence-corrected chi connectivity index (χ4v) is 2.82. The maximum atomic E-state index is 6.23. The Labute approximate surface area is 158 Å². The Bertz CT molecular complexity index is 840. The lowest BCUT2D eigenvalue weighted by Gasteiger charge is -2.16. The number of nitrogens with one attached hydrogen (secondary N) is 1. The van der Waals surface area contributed by atoms with E-state index in [1.807, 2.05) is 54.6 Å². The second-order valence-electron chi connectivity index (χ2n) is 5.79. The average Bonchev–Trinajstić information content (AvgIpc) is 2.68. The van der Waals surface area contributed by atoms with Gasteiger partial charge in [-0.2, -0.15) is 0 Å². The van der Waals surface area contributed by atoms with E-state index in [4.69, 9.17) is 21.1 Å². The lowest BCUT2D eigenvalue weighted by Crippen LogP contribution is -2.14. The minimum Gasteiger partial charge on any atom is -0.493 e. The third-order valence-electron chi connectivity index (χ3n) is 4.00. The number of benzene rings is 2. The molecule has 0 spiro atoms. The van der Waals surface area contributed by atoms with Crippen LogP contribution in [0, 0.1) is 0 Å². The molecule has 0 aliphatic carbocycles. The van der Waals surface area contributed by atoms with Crippen LogP contribution < -0.4 is 14.8 Å². The van der Waals surface area contributed by atoms with Gasteiger partial charge in [0, 0.05) is 41.6 Å². The molecule has 0 amide bonds. The summed E-state index contributed by atoms with van der Waals surface area (Å²) >= 11 is 6.23. The standard InChI is InChI=1S/C21H21ClN2O2/c1-25-20-8-4-6-17(14-24-13-16-9-11-23-12-10-16)21(20)26-15-18-5-2-3-7-19(18)22/h2-12,24H,13-15H2,1H3. The fourth-order valence-electron chi connectivity index (χ4n) is 2.63. The number of pyridine rings is 1. The van der Waals surface area contributed by atoms with Crippen molar-refractivity contribution < 1.29 is 9.47 Å². The molecule has 0 aliphatic heterocycles. The van der Waals surface area contributed by atoms with Gasteiger partial charge in [-0.05, 0) is 29.8 Å². The summed E-state index contributed by atoms with van der Waals surface area (Å²) in [4.78, 5) is 4.03. The number of hydrogen-bond donors (Lipinski definition) is 1. The van der Waals surface area contributed by atoms with Crippen LogP contribution in [0.4, 0.5) is 0 Å². The Morgan fingerprint density at radius 1 is 0.923 bits per heavy atom. The molecule has 3 rings (SSSR count). The average molecular weight is 369 g/mol. The van der Waals surface area contributed by atoms with Crippen molar-refractivity contribution in [3.05, 3.63) is 88.7 Å². The summed E-state index contributed by atoms with van der Waals surface area (Å²) in [5, 5.41) is 4.12. The topological polar surface area (TPSA) is 43.4 Å². The molecule has 4 nitrogen and oxygen atoms in total. The van der Waals surface area contributed by atoms with Crippen molar-refractivity contribution in [3.63, 3.8) is 0 Å². The number of methoxy groups -OCH3 is 1. The number of para-hydroxylation sites is 1. The van der Waals surface area contributed by atoms with Gasteiger partial charge in [0.05, 0.1) is 7.11 Å². The van der Waals surface area contributed by atoms with Gasteiger partial charge in [-0.3, -0.25) is 4.98 Å². The van der Waals surface area contributed by atoms with Crippen LogP contribution in [0.25, 0.3) is 0 Å². The summed E-state index contributed by atoms with van der Waals surface area (Å²) < 4.78 is 11.5. The zero-order chi connectivity index (χ0) is 18.2. The Hall–Kier alpha value is -2.56. The summed E-state index contributed by atoms with van der Waals surface area (Å²) in [6.07, 6.45) is 3.58.